The second kappa shape index (κ2) is 7.38. The van der Waals surface area contributed by atoms with E-state index in [2.05, 4.69) is 30.9 Å². The largest absolute Gasteiger partial charge is 0.294 e. The average Bonchev–Trinajstić information content (AvgIpc) is 2.62. The van der Waals surface area contributed by atoms with Crippen LogP contribution in [0.2, 0.25) is 0 Å². The third kappa shape index (κ3) is 3.73. The first-order chi connectivity index (χ1) is 11.5. The van der Waals surface area contributed by atoms with Crippen molar-refractivity contribution in [3.63, 3.8) is 0 Å². The molecule has 2 aliphatic rings. The molecule has 0 amide bonds. The minimum atomic E-state index is -3.37. The monoisotopic (exact) mass is 348 g/mol. The molecule has 1 aromatic rings. The summed E-state index contributed by atoms with van der Waals surface area (Å²) in [4.78, 5) is 2.83. The van der Waals surface area contributed by atoms with Crippen LogP contribution in [0.5, 0.6) is 0 Å². The van der Waals surface area contributed by atoms with Gasteiger partial charge in [-0.1, -0.05) is 38.1 Å². The Balaban J connectivity index is 1.66. The Morgan fingerprint density at radius 3 is 2.25 bits per heavy atom. The van der Waals surface area contributed by atoms with Gasteiger partial charge in [-0.3, -0.25) is 4.90 Å². The number of benzene rings is 1. The van der Waals surface area contributed by atoms with E-state index in [1.54, 1.807) is 16.4 Å². The minimum absolute atomic E-state index is 0.411. The van der Waals surface area contributed by atoms with Gasteiger partial charge in [-0.2, -0.15) is 4.31 Å². The summed E-state index contributed by atoms with van der Waals surface area (Å²) in [6, 6.07) is 7.86. The fraction of sp³-hybridized carbons (Fsp3) is 0.579. The SMILES string of the molecule is CC(C)c1ccc(S(=O)(=O)N2CCN(C3C=CCCC3)CC2)cc1. The Kier molecular flexibility index (Phi) is 5.42. The number of hydrogen-bond acceptors (Lipinski definition) is 3. The average molecular weight is 349 g/mol. The zero-order chi connectivity index (χ0) is 17.2. The van der Waals surface area contributed by atoms with Crippen molar-refractivity contribution in [1.82, 2.24) is 9.21 Å². The Hall–Kier alpha value is -1.17. The molecule has 0 radical (unpaired) electrons. The van der Waals surface area contributed by atoms with E-state index in [0.717, 1.165) is 13.1 Å². The zero-order valence-corrected chi connectivity index (χ0v) is 15.5. The molecule has 1 saturated heterocycles. The Morgan fingerprint density at radius 1 is 1.04 bits per heavy atom. The standard InChI is InChI=1S/C19H28N2O2S/c1-16(2)17-8-10-19(11-9-17)24(22,23)21-14-12-20(13-15-21)18-6-4-3-5-7-18/h4,6,8-11,16,18H,3,5,7,12-15H2,1-2H3. The van der Waals surface area contributed by atoms with Crippen LogP contribution in [0.25, 0.3) is 0 Å². The summed E-state index contributed by atoms with van der Waals surface area (Å²) in [6.07, 6.45) is 8.16. The van der Waals surface area contributed by atoms with Gasteiger partial charge < -0.3 is 0 Å². The van der Waals surface area contributed by atoms with E-state index in [0.29, 0.717) is 29.9 Å². The molecule has 1 aliphatic heterocycles. The highest BCUT2D eigenvalue weighted by Crippen LogP contribution is 2.23. The zero-order valence-electron chi connectivity index (χ0n) is 14.7. The van der Waals surface area contributed by atoms with Gasteiger partial charge in [0, 0.05) is 32.2 Å². The second-order valence-corrected chi connectivity index (χ2v) is 9.03. The summed E-state index contributed by atoms with van der Waals surface area (Å²) >= 11 is 0. The fourth-order valence-corrected chi connectivity index (χ4v) is 4.97. The van der Waals surface area contributed by atoms with E-state index in [9.17, 15) is 8.42 Å². The maximum absolute atomic E-state index is 12.8. The molecule has 4 nitrogen and oxygen atoms in total. The van der Waals surface area contributed by atoms with E-state index >= 15 is 0 Å². The number of sulfonamides is 1. The molecule has 0 bridgehead atoms. The van der Waals surface area contributed by atoms with E-state index in [1.165, 1.54) is 24.8 Å². The number of piperazine rings is 1. The lowest BCUT2D eigenvalue weighted by Crippen LogP contribution is -2.51. The van der Waals surface area contributed by atoms with Crippen molar-refractivity contribution in [2.24, 2.45) is 0 Å². The lowest BCUT2D eigenvalue weighted by molar-refractivity contribution is 0.150. The molecular weight excluding hydrogens is 320 g/mol. The van der Waals surface area contributed by atoms with E-state index < -0.39 is 10.0 Å². The Labute approximate surface area is 146 Å². The summed E-state index contributed by atoms with van der Waals surface area (Å²) in [7, 11) is -3.37. The number of rotatable bonds is 4. The van der Waals surface area contributed by atoms with Crippen LogP contribution >= 0.6 is 0 Å². The Morgan fingerprint density at radius 2 is 1.71 bits per heavy atom. The molecule has 5 heteroatoms. The Bertz CT molecular complexity index is 672. The van der Waals surface area contributed by atoms with Gasteiger partial charge in [-0.25, -0.2) is 8.42 Å². The molecule has 0 saturated carbocycles. The maximum atomic E-state index is 12.8. The van der Waals surface area contributed by atoms with Crippen LogP contribution in [0.1, 0.15) is 44.6 Å². The van der Waals surface area contributed by atoms with Crippen molar-refractivity contribution >= 4 is 10.0 Å². The predicted molar refractivity (Wildman–Crippen MR) is 97.6 cm³/mol. The van der Waals surface area contributed by atoms with Gasteiger partial charge in [0.15, 0.2) is 0 Å². The molecule has 1 atom stereocenters. The molecule has 3 rings (SSSR count). The van der Waals surface area contributed by atoms with Crippen LogP contribution in [0.4, 0.5) is 0 Å². The maximum Gasteiger partial charge on any atom is 0.243 e. The summed E-state index contributed by atoms with van der Waals surface area (Å²) in [5, 5.41) is 0. The van der Waals surface area contributed by atoms with Crippen LogP contribution in [0.15, 0.2) is 41.3 Å². The molecule has 24 heavy (non-hydrogen) atoms. The van der Waals surface area contributed by atoms with Gasteiger partial charge in [-0.15, -0.1) is 0 Å². The van der Waals surface area contributed by atoms with Crippen molar-refractivity contribution < 1.29 is 8.42 Å². The van der Waals surface area contributed by atoms with Crippen molar-refractivity contribution in [2.45, 2.75) is 50.0 Å². The topological polar surface area (TPSA) is 40.6 Å². The fourth-order valence-electron chi connectivity index (χ4n) is 3.55. The molecule has 0 aromatic heterocycles. The van der Waals surface area contributed by atoms with Crippen molar-refractivity contribution in [1.29, 1.82) is 0 Å². The molecule has 1 fully saturated rings. The van der Waals surface area contributed by atoms with Crippen LogP contribution < -0.4 is 0 Å². The molecule has 0 spiro atoms. The molecule has 1 aliphatic carbocycles. The molecular formula is C19H28N2O2S. The van der Waals surface area contributed by atoms with Gasteiger partial charge in [0.1, 0.15) is 0 Å². The molecule has 1 heterocycles. The van der Waals surface area contributed by atoms with Gasteiger partial charge in [-0.05, 0) is 42.9 Å². The van der Waals surface area contributed by atoms with Crippen molar-refractivity contribution in [2.75, 3.05) is 26.2 Å². The lowest BCUT2D eigenvalue weighted by Gasteiger charge is -2.38. The molecule has 1 unspecified atom stereocenters. The second-order valence-electron chi connectivity index (χ2n) is 7.09. The number of hydrogen-bond donors (Lipinski definition) is 0. The third-order valence-electron chi connectivity index (χ3n) is 5.16. The normalized spacial score (nSPS) is 23.7. The summed E-state index contributed by atoms with van der Waals surface area (Å²) < 4.78 is 27.3. The van der Waals surface area contributed by atoms with Gasteiger partial charge in [0.2, 0.25) is 10.0 Å². The lowest BCUT2D eigenvalue weighted by atomic mass is 10.0. The molecule has 132 valence electrons. The van der Waals surface area contributed by atoms with Crippen molar-refractivity contribution in [3.8, 4) is 0 Å². The van der Waals surface area contributed by atoms with Crippen molar-refractivity contribution in [3.05, 3.63) is 42.0 Å². The molecule has 0 N–H and O–H groups in total. The van der Waals surface area contributed by atoms with E-state index in [4.69, 9.17) is 0 Å². The molecule has 1 aromatic carbocycles. The highest BCUT2D eigenvalue weighted by molar-refractivity contribution is 7.89. The predicted octanol–water partition coefficient (Wildman–Crippen LogP) is 3.23. The van der Waals surface area contributed by atoms with Crippen LogP contribution in [-0.2, 0) is 10.0 Å². The van der Waals surface area contributed by atoms with Gasteiger partial charge >= 0.3 is 0 Å². The van der Waals surface area contributed by atoms with Gasteiger partial charge in [0.25, 0.3) is 0 Å². The quantitative estimate of drug-likeness (QED) is 0.785. The van der Waals surface area contributed by atoms with Crippen LogP contribution in [-0.4, -0.2) is 49.8 Å². The van der Waals surface area contributed by atoms with Crippen LogP contribution in [0.3, 0.4) is 0 Å². The summed E-state index contributed by atoms with van der Waals surface area (Å²) in [6.45, 7) is 7.03. The van der Waals surface area contributed by atoms with Crippen LogP contribution in [0, 0.1) is 0 Å². The van der Waals surface area contributed by atoms with E-state index in [-0.39, 0.29) is 0 Å². The first-order valence-electron chi connectivity index (χ1n) is 8.99. The smallest absolute Gasteiger partial charge is 0.243 e. The first kappa shape index (κ1) is 17.6. The van der Waals surface area contributed by atoms with E-state index in [1.807, 2.05) is 12.1 Å². The number of allylic oxidation sites excluding steroid dienone is 1. The summed E-state index contributed by atoms with van der Waals surface area (Å²) in [5.74, 6) is 0.411. The number of nitrogens with zero attached hydrogens (tertiary/aromatic N) is 2. The first-order valence-corrected chi connectivity index (χ1v) is 10.4. The van der Waals surface area contributed by atoms with Gasteiger partial charge in [0.05, 0.1) is 4.90 Å². The summed E-state index contributed by atoms with van der Waals surface area (Å²) in [5.41, 5.74) is 1.17. The third-order valence-corrected chi connectivity index (χ3v) is 7.07. The highest BCUT2D eigenvalue weighted by Gasteiger charge is 2.30. The minimum Gasteiger partial charge on any atom is -0.294 e. The highest BCUT2D eigenvalue weighted by atomic mass is 32.2.